The van der Waals surface area contributed by atoms with E-state index in [0.717, 1.165) is 0 Å². The standard InChI is InChI=1S/C17H16N4O6/c22-16-12(6-18-24)2-10(3-13(16)7-19-25)1-11-4-14(8-20-26)17(23)15(5-11)9-21-27/h2-5,22-23H,1,6-9H2. The number of phenols is 2. The number of phenolic OH excluding ortho intramolecular Hbond substituents is 2. The van der Waals surface area contributed by atoms with E-state index in [-0.39, 0.29) is 66.4 Å². The first-order chi connectivity index (χ1) is 13.0. The number of nitroso groups, excluding NO2 is 4. The fourth-order valence-electron chi connectivity index (χ4n) is 2.86. The van der Waals surface area contributed by atoms with Crippen LogP contribution in [0.5, 0.6) is 11.5 Å². The van der Waals surface area contributed by atoms with Crippen molar-refractivity contribution in [1.82, 2.24) is 0 Å². The predicted octanol–water partition coefficient (Wildman–Crippen LogP) is 3.75. The maximum absolute atomic E-state index is 10.6. The summed E-state index contributed by atoms with van der Waals surface area (Å²) in [7, 11) is 0. The summed E-state index contributed by atoms with van der Waals surface area (Å²) in [6.45, 7) is -1.10. The fourth-order valence-corrected chi connectivity index (χ4v) is 2.86. The monoisotopic (exact) mass is 372 g/mol. The van der Waals surface area contributed by atoms with E-state index in [1.54, 1.807) is 24.3 Å². The van der Waals surface area contributed by atoms with E-state index in [1.807, 2.05) is 0 Å². The van der Waals surface area contributed by atoms with Gasteiger partial charge in [0.25, 0.3) is 0 Å². The molecule has 0 aliphatic rings. The lowest BCUT2D eigenvalue weighted by Gasteiger charge is -2.12. The SMILES string of the molecule is O=NCc1cc(Cc2cc(CN=O)c(O)c(CN=O)c2)cc(CN=O)c1O. The molecule has 2 rings (SSSR count). The first-order valence-corrected chi connectivity index (χ1v) is 7.87. The second-order valence-corrected chi connectivity index (χ2v) is 5.85. The summed E-state index contributed by atoms with van der Waals surface area (Å²) in [5.41, 5.74) is 2.31. The van der Waals surface area contributed by atoms with Crippen LogP contribution < -0.4 is 0 Å². The van der Waals surface area contributed by atoms with Crippen LogP contribution in [0.25, 0.3) is 0 Å². The molecule has 2 N–H and O–H groups in total. The number of aromatic hydroxyl groups is 2. The van der Waals surface area contributed by atoms with Crippen molar-refractivity contribution in [2.75, 3.05) is 0 Å². The largest absolute Gasteiger partial charge is 0.507 e. The van der Waals surface area contributed by atoms with Crippen LogP contribution in [0.3, 0.4) is 0 Å². The van der Waals surface area contributed by atoms with Crippen molar-refractivity contribution in [1.29, 1.82) is 0 Å². The van der Waals surface area contributed by atoms with Gasteiger partial charge in [0.2, 0.25) is 0 Å². The van der Waals surface area contributed by atoms with E-state index in [2.05, 4.69) is 20.7 Å². The van der Waals surface area contributed by atoms with Crippen LogP contribution in [0, 0.1) is 19.6 Å². The fraction of sp³-hybridized carbons (Fsp3) is 0.294. The van der Waals surface area contributed by atoms with Gasteiger partial charge in [-0.3, -0.25) is 0 Å². The topological polar surface area (TPSA) is 158 Å². The summed E-state index contributed by atoms with van der Waals surface area (Å²) < 4.78 is 0. The zero-order valence-electron chi connectivity index (χ0n) is 14.2. The number of rotatable bonds is 10. The molecule has 0 spiro atoms. The third-order valence-electron chi connectivity index (χ3n) is 4.00. The van der Waals surface area contributed by atoms with Crippen LogP contribution >= 0.6 is 0 Å². The molecule has 0 aliphatic carbocycles. The zero-order chi connectivity index (χ0) is 19.8. The summed E-state index contributed by atoms with van der Waals surface area (Å²) in [6.07, 6.45) is 0.274. The minimum Gasteiger partial charge on any atom is -0.507 e. The predicted molar refractivity (Wildman–Crippen MR) is 97.0 cm³/mol. The van der Waals surface area contributed by atoms with Crippen molar-refractivity contribution < 1.29 is 10.2 Å². The van der Waals surface area contributed by atoms with Gasteiger partial charge in [0.05, 0.1) is 0 Å². The molecule has 2 aromatic rings. The first kappa shape index (κ1) is 19.8. The molecule has 140 valence electrons. The van der Waals surface area contributed by atoms with Gasteiger partial charge < -0.3 is 10.2 Å². The van der Waals surface area contributed by atoms with Gasteiger partial charge in [0.15, 0.2) is 0 Å². The Morgan fingerprint density at radius 3 is 1.04 bits per heavy atom. The van der Waals surface area contributed by atoms with Gasteiger partial charge >= 0.3 is 0 Å². The Hall–Kier alpha value is -3.56. The van der Waals surface area contributed by atoms with Gasteiger partial charge in [-0.2, -0.15) is 19.6 Å². The van der Waals surface area contributed by atoms with Crippen molar-refractivity contribution in [3.05, 3.63) is 77.3 Å². The summed E-state index contributed by atoms with van der Waals surface area (Å²) in [5.74, 6) is -0.416. The normalized spacial score (nSPS) is 10.4. The number of nitrogens with zero attached hydrogens (tertiary/aromatic N) is 4. The van der Waals surface area contributed by atoms with Crippen molar-refractivity contribution in [2.45, 2.75) is 32.6 Å². The summed E-state index contributed by atoms with van der Waals surface area (Å²) in [5, 5.41) is 31.2. The smallest absolute Gasteiger partial charge is 0.125 e. The molecule has 2 aromatic carbocycles. The molecule has 0 unspecified atom stereocenters. The Morgan fingerprint density at radius 2 is 0.815 bits per heavy atom. The minimum absolute atomic E-state index is 0.208. The molecule has 10 heteroatoms. The summed E-state index contributed by atoms with van der Waals surface area (Å²) in [6, 6.07) is 6.25. The molecule has 0 radical (unpaired) electrons. The third kappa shape index (κ3) is 4.75. The number of hydrogen-bond donors (Lipinski definition) is 2. The molecule has 10 nitrogen and oxygen atoms in total. The van der Waals surface area contributed by atoms with E-state index in [1.165, 1.54) is 0 Å². The van der Waals surface area contributed by atoms with Gasteiger partial charge in [-0.15, -0.1) is 0 Å². The van der Waals surface area contributed by atoms with Crippen LogP contribution in [-0.4, -0.2) is 10.2 Å². The van der Waals surface area contributed by atoms with E-state index >= 15 is 0 Å². The lowest BCUT2D eigenvalue weighted by molar-refractivity contribution is 0.461. The molecule has 0 aliphatic heterocycles. The highest BCUT2D eigenvalue weighted by Gasteiger charge is 2.14. The highest BCUT2D eigenvalue weighted by Crippen LogP contribution is 2.30. The Bertz CT molecular complexity index is 750. The van der Waals surface area contributed by atoms with Crippen molar-refractivity contribution in [3.8, 4) is 11.5 Å². The number of hydrogen-bond acceptors (Lipinski definition) is 10. The lowest BCUT2D eigenvalue weighted by Crippen LogP contribution is -1.98. The molecule has 0 bridgehead atoms. The maximum Gasteiger partial charge on any atom is 0.125 e. The molecular formula is C17H16N4O6. The van der Waals surface area contributed by atoms with Gasteiger partial charge in [0, 0.05) is 22.3 Å². The molecule has 0 saturated carbocycles. The van der Waals surface area contributed by atoms with E-state index in [9.17, 15) is 29.8 Å². The molecule has 0 atom stereocenters. The second-order valence-electron chi connectivity index (χ2n) is 5.85. The summed E-state index contributed by atoms with van der Waals surface area (Å²) in [4.78, 5) is 42.3. The Labute approximate surface area is 153 Å². The molecular weight excluding hydrogens is 356 g/mol. The van der Waals surface area contributed by atoms with Crippen LogP contribution in [0.15, 0.2) is 45.0 Å². The minimum atomic E-state index is -0.276. The Morgan fingerprint density at radius 1 is 0.556 bits per heavy atom. The molecule has 27 heavy (non-hydrogen) atoms. The zero-order valence-corrected chi connectivity index (χ0v) is 14.2. The summed E-state index contributed by atoms with van der Waals surface area (Å²) >= 11 is 0. The molecule has 0 aromatic heterocycles. The van der Waals surface area contributed by atoms with E-state index < -0.39 is 0 Å². The van der Waals surface area contributed by atoms with E-state index in [4.69, 9.17) is 0 Å². The van der Waals surface area contributed by atoms with Crippen LogP contribution in [0.2, 0.25) is 0 Å². The van der Waals surface area contributed by atoms with Crippen LogP contribution in [0.1, 0.15) is 33.4 Å². The second kappa shape index (κ2) is 9.22. The molecule has 0 saturated heterocycles. The van der Waals surface area contributed by atoms with Gasteiger partial charge in [-0.25, -0.2) is 0 Å². The first-order valence-electron chi connectivity index (χ1n) is 7.87. The maximum atomic E-state index is 10.6. The van der Waals surface area contributed by atoms with Crippen molar-refractivity contribution in [3.63, 3.8) is 0 Å². The highest BCUT2D eigenvalue weighted by molar-refractivity contribution is 5.48. The van der Waals surface area contributed by atoms with Gasteiger partial charge in [0.1, 0.15) is 37.7 Å². The average Bonchev–Trinajstić information content (AvgIpc) is 2.63. The van der Waals surface area contributed by atoms with Gasteiger partial charge in [-0.1, -0.05) is 20.7 Å². The average molecular weight is 372 g/mol. The van der Waals surface area contributed by atoms with Crippen LogP contribution in [0.4, 0.5) is 0 Å². The van der Waals surface area contributed by atoms with E-state index in [0.29, 0.717) is 11.1 Å². The van der Waals surface area contributed by atoms with Crippen molar-refractivity contribution >= 4 is 0 Å². The lowest BCUT2D eigenvalue weighted by atomic mass is 9.95. The van der Waals surface area contributed by atoms with Crippen molar-refractivity contribution in [2.24, 2.45) is 20.7 Å². The molecule has 0 amide bonds. The third-order valence-corrected chi connectivity index (χ3v) is 4.00. The van der Waals surface area contributed by atoms with Crippen LogP contribution in [-0.2, 0) is 32.6 Å². The highest BCUT2D eigenvalue weighted by atomic mass is 16.3. The molecule has 0 heterocycles. The molecule has 0 fully saturated rings. The Balaban J connectivity index is 2.48. The Kier molecular flexibility index (Phi) is 6.75. The van der Waals surface area contributed by atoms with Gasteiger partial charge in [-0.05, 0) is 41.8 Å². The number of benzene rings is 2. The quantitative estimate of drug-likeness (QED) is 0.604.